The summed E-state index contributed by atoms with van der Waals surface area (Å²) in [5, 5.41) is 14.4. The van der Waals surface area contributed by atoms with Crippen LogP contribution in [0.25, 0.3) is 104 Å². The zero-order valence-corrected chi connectivity index (χ0v) is 31.9. The van der Waals surface area contributed by atoms with E-state index in [0.29, 0.717) is 23.0 Å². The third kappa shape index (κ3) is 5.56. The summed E-state index contributed by atoms with van der Waals surface area (Å²) in [6.07, 6.45) is 0. The highest BCUT2D eigenvalue weighted by Crippen LogP contribution is 2.42. The van der Waals surface area contributed by atoms with Gasteiger partial charge in [0.1, 0.15) is 0 Å². The topological polar surface area (TPSA) is 67.4 Å². The van der Waals surface area contributed by atoms with Crippen molar-refractivity contribution in [3.05, 3.63) is 194 Å². The Hall–Kier alpha value is -7.72. The average molecular weight is 758 g/mol. The minimum atomic E-state index is 0.589. The number of benzene rings is 8. The van der Waals surface area contributed by atoms with E-state index >= 15 is 0 Å². The lowest BCUT2D eigenvalue weighted by Crippen LogP contribution is -2.02. The monoisotopic (exact) mass is 757 g/mol. The fraction of sp³-hybridized carbons (Fsp3) is 0. The van der Waals surface area contributed by atoms with Crippen LogP contribution < -0.4 is 0 Å². The van der Waals surface area contributed by atoms with Crippen molar-refractivity contribution in [2.75, 3.05) is 0 Å². The number of nitrogens with zero attached hydrogens (tertiary/aromatic N) is 5. The fourth-order valence-electron chi connectivity index (χ4n) is 8.24. The molecule has 0 bridgehead atoms. The molecular formula is C52H31N5S. The van der Waals surface area contributed by atoms with Gasteiger partial charge < -0.3 is 4.57 Å². The van der Waals surface area contributed by atoms with E-state index in [4.69, 9.17) is 15.0 Å². The molecule has 0 radical (unpaired) electrons. The second-order valence-corrected chi connectivity index (χ2v) is 15.3. The lowest BCUT2D eigenvalue weighted by atomic mass is 9.99. The summed E-state index contributed by atoms with van der Waals surface area (Å²) in [5.74, 6) is 1.78. The highest BCUT2D eigenvalue weighted by atomic mass is 32.1. The fourth-order valence-corrected chi connectivity index (χ4v) is 9.51. The van der Waals surface area contributed by atoms with E-state index in [-0.39, 0.29) is 0 Å². The van der Waals surface area contributed by atoms with Crippen LogP contribution in [0.15, 0.2) is 188 Å². The molecule has 0 saturated heterocycles. The van der Waals surface area contributed by atoms with Crippen LogP contribution in [0.4, 0.5) is 0 Å². The lowest BCUT2D eigenvalue weighted by molar-refractivity contribution is 1.07. The molecule has 0 N–H and O–H groups in total. The van der Waals surface area contributed by atoms with E-state index in [0.717, 1.165) is 75.8 Å². The minimum Gasteiger partial charge on any atom is -0.309 e. The molecule has 3 aromatic heterocycles. The smallest absolute Gasteiger partial charge is 0.164 e. The van der Waals surface area contributed by atoms with Gasteiger partial charge in [-0.15, -0.1) is 11.3 Å². The molecule has 0 atom stereocenters. The Morgan fingerprint density at radius 1 is 0.431 bits per heavy atom. The maximum absolute atomic E-state index is 9.92. The number of aromatic nitrogens is 4. The second kappa shape index (κ2) is 13.8. The molecule has 6 heteroatoms. The van der Waals surface area contributed by atoms with E-state index in [1.165, 1.54) is 10.8 Å². The van der Waals surface area contributed by atoms with Gasteiger partial charge in [-0.25, -0.2) is 15.0 Å². The molecule has 0 spiro atoms. The first kappa shape index (κ1) is 33.6. The van der Waals surface area contributed by atoms with Crippen molar-refractivity contribution in [2.45, 2.75) is 0 Å². The molecule has 0 unspecified atom stereocenters. The van der Waals surface area contributed by atoms with Crippen LogP contribution >= 0.6 is 11.3 Å². The Balaban J connectivity index is 1.11. The van der Waals surface area contributed by atoms with E-state index in [1.807, 2.05) is 42.5 Å². The van der Waals surface area contributed by atoms with E-state index in [9.17, 15) is 5.26 Å². The molecule has 3 heterocycles. The van der Waals surface area contributed by atoms with Crippen LogP contribution in [0.2, 0.25) is 0 Å². The van der Waals surface area contributed by atoms with Gasteiger partial charge in [-0.2, -0.15) is 5.26 Å². The van der Waals surface area contributed by atoms with Crippen molar-refractivity contribution in [3.8, 4) is 68.2 Å². The predicted octanol–water partition coefficient (Wildman–Crippen LogP) is 13.5. The van der Waals surface area contributed by atoms with Crippen molar-refractivity contribution in [3.63, 3.8) is 0 Å². The Labute approximate surface area is 338 Å². The molecule has 270 valence electrons. The van der Waals surface area contributed by atoms with Crippen molar-refractivity contribution in [1.82, 2.24) is 19.5 Å². The highest BCUT2D eigenvalue weighted by Gasteiger charge is 2.20. The third-order valence-electron chi connectivity index (χ3n) is 10.9. The van der Waals surface area contributed by atoms with Gasteiger partial charge in [0, 0.05) is 53.2 Å². The summed E-state index contributed by atoms with van der Waals surface area (Å²) in [6, 6.07) is 67.5. The average Bonchev–Trinajstić information content (AvgIpc) is 3.85. The minimum absolute atomic E-state index is 0.589. The molecule has 5 nitrogen and oxygen atoms in total. The van der Waals surface area contributed by atoms with Gasteiger partial charge in [-0.3, -0.25) is 0 Å². The molecule has 11 rings (SSSR count). The Kier molecular flexibility index (Phi) is 7.99. The van der Waals surface area contributed by atoms with Gasteiger partial charge in [0.2, 0.25) is 0 Å². The van der Waals surface area contributed by atoms with Crippen molar-refractivity contribution < 1.29 is 0 Å². The van der Waals surface area contributed by atoms with Crippen molar-refractivity contribution >= 4 is 53.3 Å². The largest absolute Gasteiger partial charge is 0.309 e. The quantitative estimate of drug-likeness (QED) is 0.169. The maximum Gasteiger partial charge on any atom is 0.164 e. The predicted molar refractivity (Wildman–Crippen MR) is 239 cm³/mol. The van der Waals surface area contributed by atoms with E-state index < -0.39 is 0 Å². The van der Waals surface area contributed by atoms with E-state index in [2.05, 4.69) is 156 Å². The van der Waals surface area contributed by atoms with Gasteiger partial charge >= 0.3 is 0 Å². The van der Waals surface area contributed by atoms with Gasteiger partial charge in [-0.1, -0.05) is 152 Å². The summed E-state index contributed by atoms with van der Waals surface area (Å²) in [7, 11) is 0. The Morgan fingerprint density at radius 3 is 1.69 bits per heavy atom. The summed E-state index contributed by atoms with van der Waals surface area (Å²) in [5.41, 5.74) is 11.1. The molecule has 0 aliphatic carbocycles. The zero-order chi connectivity index (χ0) is 38.6. The number of para-hydroxylation sites is 2. The first-order chi connectivity index (χ1) is 28.7. The molecule has 0 aliphatic rings. The van der Waals surface area contributed by atoms with Gasteiger partial charge in [0.15, 0.2) is 17.5 Å². The van der Waals surface area contributed by atoms with Gasteiger partial charge in [0.05, 0.1) is 28.4 Å². The van der Waals surface area contributed by atoms with Gasteiger partial charge in [-0.05, 0) is 53.1 Å². The molecule has 0 saturated carbocycles. The number of nitriles is 1. The molecule has 0 amide bonds. The zero-order valence-electron chi connectivity index (χ0n) is 31.0. The number of hydrogen-bond acceptors (Lipinski definition) is 5. The second-order valence-electron chi connectivity index (χ2n) is 14.3. The molecule has 11 aromatic rings. The van der Waals surface area contributed by atoms with Crippen LogP contribution in [0, 0.1) is 11.3 Å². The van der Waals surface area contributed by atoms with Crippen LogP contribution in [-0.2, 0) is 0 Å². The summed E-state index contributed by atoms with van der Waals surface area (Å²) in [4.78, 5) is 15.5. The number of rotatable bonds is 6. The number of thiophene rings is 1. The summed E-state index contributed by atoms with van der Waals surface area (Å²) >= 11 is 1.72. The highest BCUT2D eigenvalue weighted by molar-refractivity contribution is 7.26. The van der Waals surface area contributed by atoms with Gasteiger partial charge in [0.25, 0.3) is 0 Å². The first-order valence-electron chi connectivity index (χ1n) is 19.2. The van der Waals surface area contributed by atoms with Crippen molar-refractivity contribution in [2.24, 2.45) is 0 Å². The van der Waals surface area contributed by atoms with Crippen molar-refractivity contribution in [1.29, 1.82) is 5.26 Å². The third-order valence-corrected chi connectivity index (χ3v) is 12.1. The SMILES string of the molecule is N#Cc1cccc2sc3c(-c4cccc(-c5nc(-c6ccccc6)nc(-c6ccc(-c7ccccc7)c(-n7c8ccccc8c8ccccc87)c6)n5)c4)cccc3c12. The Bertz CT molecular complexity index is 3360. The van der Waals surface area contributed by atoms with Crippen LogP contribution in [-0.4, -0.2) is 19.5 Å². The maximum atomic E-state index is 9.92. The normalized spacial score (nSPS) is 11.4. The number of hydrogen-bond donors (Lipinski definition) is 0. The molecule has 0 fully saturated rings. The standard InChI is InChI=1S/C52H31N5S/c53-32-38-20-12-27-47-48(38)43-24-13-23-40(49(43)58-47)35-18-11-19-36(30-35)51-54-50(34-16-5-2-6-17-34)55-52(56-51)37-28-29-39(33-14-3-1-4-15-33)46(31-37)57-44-25-9-7-21-41(44)42-22-8-10-26-45(42)57/h1-31H. The summed E-state index contributed by atoms with van der Waals surface area (Å²) < 4.78 is 4.62. The summed E-state index contributed by atoms with van der Waals surface area (Å²) in [6.45, 7) is 0. The number of fused-ring (bicyclic) bond motifs is 6. The Morgan fingerprint density at radius 2 is 0.983 bits per heavy atom. The lowest BCUT2D eigenvalue weighted by Gasteiger charge is -2.16. The molecule has 58 heavy (non-hydrogen) atoms. The molecule has 8 aromatic carbocycles. The molecule has 0 aliphatic heterocycles. The molecular weight excluding hydrogens is 727 g/mol. The van der Waals surface area contributed by atoms with E-state index in [1.54, 1.807) is 11.3 Å². The van der Waals surface area contributed by atoms with Crippen LogP contribution in [0.5, 0.6) is 0 Å². The first-order valence-corrected chi connectivity index (χ1v) is 20.0. The van der Waals surface area contributed by atoms with Crippen LogP contribution in [0.1, 0.15) is 5.56 Å². The van der Waals surface area contributed by atoms with Crippen LogP contribution in [0.3, 0.4) is 0 Å².